The lowest BCUT2D eigenvalue weighted by molar-refractivity contribution is 0.479. The van der Waals surface area contributed by atoms with Crippen molar-refractivity contribution in [1.29, 1.82) is 0 Å². The van der Waals surface area contributed by atoms with Crippen molar-refractivity contribution in [3.63, 3.8) is 0 Å². The van der Waals surface area contributed by atoms with Gasteiger partial charge in [0.25, 0.3) is 0 Å². The summed E-state index contributed by atoms with van der Waals surface area (Å²) in [6.45, 7) is 44.8. The highest BCUT2D eigenvalue weighted by Crippen LogP contribution is 2.52. The predicted octanol–water partition coefficient (Wildman–Crippen LogP) is 20.4. The molecule has 79 heavy (non-hydrogen) atoms. The predicted molar refractivity (Wildman–Crippen MR) is 338 cm³/mol. The van der Waals surface area contributed by atoms with Gasteiger partial charge in [-0.1, -0.05) is 204 Å². The first-order valence-corrected chi connectivity index (χ1v) is 28.7. The van der Waals surface area contributed by atoms with Gasteiger partial charge < -0.3 is 14.5 Å². The second-order valence-electron chi connectivity index (χ2n) is 28.9. The number of hydrogen-bond acceptors (Lipinski definition) is 4. The minimum atomic E-state index is -0.277. The molecule has 0 saturated heterocycles. The Morgan fingerprint density at radius 1 is 0.354 bits per heavy atom. The van der Waals surface area contributed by atoms with Crippen LogP contribution in [-0.2, 0) is 37.9 Å². The summed E-state index contributed by atoms with van der Waals surface area (Å²) < 4.78 is 9.55. The molecule has 0 spiro atoms. The van der Waals surface area contributed by atoms with E-state index >= 15 is 0 Å². The molecule has 7 aromatic carbocycles. The molecular formula is C74H86N4O. The van der Waals surface area contributed by atoms with Crippen molar-refractivity contribution in [3.05, 3.63) is 214 Å². The van der Waals surface area contributed by atoms with Gasteiger partial charge in [0.15, 0.2) is 0 Å². The van der Waals surface area contributed by atoms with E-state index in [1.165, 1.54) is 77.9 Å². The van der Waals surface area contributed by atoms with Crippen LogP contribution in [0.2, 0.25) is 0 Å². The molecule has 0 N–H and O–H groups in total. The van der Waals surface area contributed by atoms with E-state index in [4.69, 9.17) is 9.72 Å². The minimum absolute atomic E-state index is 0.00648. The quantitative estimate of drug-likeness (QED) is 0.144. The Kier molecular flexibility index (Phi) is 13.5. The first-order chi connectivity index (χ1) is 36.8. The lowest BCUT2D eigenvalue weighted by Gasteiger charge is -2.34. The number of fused-ring (bicyclic) bond motifs is 4. The summed E-state index contributed by atoms with van der Waals surface area (Å²) in [7, 11) is 0. The van der Waals surface area contributed by atoms with Crippen molar-refractivity contribution in [2.24, 2.45) is 0 Å². The van der Waals surface area contributed by atoms with E-state index < -0.39 is 0 Å². The molecule has 3 heterocycles. The van der Waals surface area contributed by atoms with E-state index in [9.17, 15) is 0 Å². The average Bonchev–Trinajstić information content (AvgIpc) is 4.18. The van der Waals surface area contributed by atoms with Crippen LogP contribution in [0, 0.1) is 0 Å². The van der Waals surface area contributed by atoms with E-state index in [-0.39, 0.29) is 37.9 Å². The Bertz CT molecular complexity index is 3680. The normalized spacial score (nSPS) is 13.9. The summed E-state index contributed by atoms with van der Waals surface area (Å²) in [4.78, 5) is 10.2. The summed E-state index contributed by atoms with van der Waals surface area (Å²) in [5.74, 6) is 2.47. The lowest BCUT2D eigenvalue weighted by atomic mass is 9.73. The second kappa shape index (κ2) is 19.3. The molecule has 0 aliphatic carbocycles. The van der Waals surface area contributed by atoms with Crippen LogP contribution in [0.1, 0.15) is 182 Å². The van der Waals surface area contributed by atoms with Crippen molar-refractivity contribution in [2.75, 3.05) is 16.5 Å². The fourth-order valence-electron chi connectivity index (χ4n) is 11.7. The monoisotopic (exact) mass is 1050 g/mol. The van der Waals surface area contributed by atoms with Crippen LogP contribution in [0.25, 0.3) is 27.6 Å². The standard InChI is InChI=1S/C74H86N4O/c1-68(2,3)50-30-33-63-60(41-50)59-32-31-57(44-64(59)78(63)67-42-51(34-35-75-67)69(4,5)6)79-58-40-52(70(7,8)9)37-56(43-58)77-47-76(65-45-61(71(10,11)12)62(46-66(65)77)72(13,14)15)55-38-53(73(16,17)48-26-22-20-23-27-48)36-54(39-55)74(18,19)49-28-24-21-25-29-49/h20-46H,47H2,1-19H3. The zero-order valence-corrected chi connectivity index (χ0v) is 51.0. The molecule has 10 rings (SSSR count). The van der Waals surface area contributed by atoms with Gasteiger partial charge in [-0.15, -0.1) is 0 Å². The van der Waals surface area contributed by atoms with Crippen LogP contribution in [0.4, 0.5) is 22.7 Å². The number of pyridine rings is 1. The third-order valence-corrected chi connectivity index (χ3v) is 17.0. The molecule has 9 aromatic rings. The minimum Gasteiger partial charge on any atom is -0.457 e. The van der Waals surface area contributed by atoms with Gasteiger partial charge in [0, 0.05) is 51.3 Å². The van der Waals surface area contributed by atoms with E-state index in [1.54, 1.807) is 0 Å². The number of ether oxygens (including phenoxy) is 1. The Hall–Kier alpha value is -7.11. The molecule has 1 aliphatic heterocycles. The Morgan fingerprint density at radius 2 is 0.848 bits per heavy atom. The molecule has 0 atom stereocenters. The molecule has 408 valence electrons. The zero-order valence-electron chi connectivity index (χ0n) is 51.0. The topological polar surface area (TPSA) is 33.5 Å². The van der Waals surface area contributed by atoms with E-state index in [0.29, 0.717) is 6.67 Å². The molecule has 5 nitrogen and oxygen atoms in total. The zero-order chi connectivity index (χ0) is 57.0. The van der Waals surface area contributed by atoms with Crippen LogP contribution in [0.3, 0.4) is 0 Å². The van der Waals surface area contributed by atoms with Crippen molar-refractivity contribution in [2.45, 2.75) is 169 Å². The summed E-state index contributed by atoms with van der Waals surface area (Å²) >= 11 is 0. The maximum absolute atomic E-state index is 7.22. The summed E-state index contributed by atoms with van der Waals surface area (Å²) in [5.41, 5.74) is 17.5. The molecule has 0 unspecified atom stereocenters. The van der Waals surface area contributed by atoms with Gasteiger partial charge in [0.2, 0.25) is 0 Å². The number of nitrogens with zero attached hydrogens (tertiary/aromatic N) is 4. The number of rotatable bonds is 9. The maximum Gasteiger partial charge on any atom is 0.137 e. The molecule has 0 radical (unpaired) electrons. The van der Waals surface area contributed by atoms with Crippen molar-refractivity contribution in [1.82, 2.24) is 9.55 Å². The highest BCUT2D eigenvalue weighted by molar-refractivity contribution is 6.10. The van der Waals surface area contributed by atoms with Gasteiger partial charge in [-0.2, -0.15) is 0 Å². The Morgan fingerprint density at radius 3 is 1.35 bits per heavy atom. The molecule has 0 amide bonds. The van der Waals surface area contributed by atoms with E-state index in [2.05, 4.69) is 304 Å². The highest BCUT2D eigenvalue weighted by atomic mass is 16.5. The smallest absolute Gasteiger partial charge is 0.137 e. The van der Waals surface area contributed by atoms with Gasteiger partial charge >= 0.3 is 0 Å². The van der Waals surface area contributed by atoms with Crippen molar-refractivity contribution >= 4 is 44.6 Å². The van der Waals surface area contributed by atoms with Crippen molar-refractivity contribution in [3.8, 4) is 17.3 Å². The summed E-state index contributed by atoms with van der Waals surface area (Å²) in [5, 5.41) is 2.38. The SMILES string of the molecule is CC(C)(C)c1cc(Oc2ccc3c4cc(C(C)(C)C)ccc4n(-c4cc(C(C)(C)C)ccn4)c3c2)cc(N2CN(c3cc(C(C)(C)c4ccccc4)cc(C(C)(C)c4ccccc4)c3)c3cc(C(C)(C)C)c(C(C)(C)C)cc32)c1. The van der Waals surface area contributed by atoms with Gasteiger partial charge in [0.1, 0.15) is 24.0 Å². The molecule has 1 aliphatic rings. The summed E-state index contributed by atoms with van der Waals surface area (Å²) in [6, 6.07) is 59.3. The number of benzene rings is 7. The summed E-state index contributed by atoms with van der Waals surface area (Å²) in [6.07, 6.45) is 1.95. The number of aromatic nitrogens is 2. The second-order valence-corrected chi connectivity index (χ2v) is 28.9. The molecule has 0 bridgehead atoms. The van der Waals surface area contributed by atoms with Gasteiger partial charge in [-0.25, -0.2) is 4.98 Å². The Balaban J connectivity index is 1.16. The third-order valence-electron chi connectivity index (χ3n) is 17.0. The highest BCUT2D eigenvalue weighted by Gasteiger charge is 2.37. The van der Waals surface area contributed by atoms with E-state index in [1.807, 2.05) is 6.20 Å². The molecule has 2 aromatic heterocycles. The number of hydrogen-bond donors (Lipinski definition) is 0. The third kappa shape index (κ3) is 10.5. The van der Waals surface area contributed by atoms with Crippen LogP contribution in [-0.4, -0.2) is 16.2 Å². The van der Waals surface area contributed by atoms with E-state index in [0.717, 1.165) is 34.0 Å². The van der Waals surface area contributed by atoms with Crippen LogP contribution in [0.15, 0.2) is 164 Å². The first-order valence-electron chi connectivity index (χ1n) is 28.7. The molecule has 0 fully saturated rings. The van der Waals surface area contributed by atoms with Crippen LogP contribution in [0.5, 0.6) is 11.5 Å². The fourth-order valence-corrected chi connectivity index (χ4v) is 11.7. The molecule has 0 saturated carbocycles. The lowest BCUT2D eigenvalue weighted by Crippen LogP contribution is -2.27. The van der Waals surface area contributed by atoms with Gasteiger partial charge in [-0.05, 0) is 150 Å². The average molecular weight is 1050 g/mol. The number of anilines is 4. The van der Waals surface area contributed by atoms with Gasteiger partial charge in [-0.3, -0.25) is 4.57 Å². The first kappa shape index (κ1) is 55.2. The van der Waals surface area contributed by atoms with Crippen LogP contribution < -0.4 is 14.5 Å². The molecule has 5 heteroatoms. The Labute approximate surface area is 473 Å². The van der Waals surface area contributed by atoms with Crippen LogP contribution >= 0.6 is 0 Å². The fraction of sp³-hybridized carbons (Fsp3) is 0.365. The van der Waals surface area contributed by atoms with Gasteiger partial charge in [0.05, 0.1) is 22.4 Å². The maximum atomic E-state index is 7.22. The largest absolute Gasteiger partial charge is 0.457 e. The van der Waals surface area contributed by atoms with Crippen molar-refractivity contribution < 1.29 is 4.74 Å². The molecular weight excluding hydrogens is 961 g/mol.